The molecule has 0 saturated heterocycles. The fraction of sp³-hybridized carbons (Fsp3) is 0.444. The highest BCUT2D eigenvalue weighted by atomic mass is 16.6. The summed E-state index contributed by atoms with van der Waals surface area (Å²) in [7, 11) is 0. The summed E-state index contributed by atoms with van der Waals surface area (Å²) in [5.41, 5.74) is 50.0. The number of esters is 9. The van der Waals surface area contributed by atoms with E-state index in [-0.39, 0.29) is 81.1 Å². The monoisotopic (exact) mass is 1770 g/mol. The van der Waals surface area contributed by atoms with Gasteiger partial charge in [0.25, 0.3) is 0 Å². The van der Waals surface area contributed by atoms with Crippen molar-refractivity contribution in [1.29, 1.82) is 0 Å². The minimum atomic E-state index is -0.551. The van der Waals surface area contributed by atoms with Crippen molar-refractivity contribution in [2.24, 2.45) is 0 Å². The first-order valence-corrected chi connectivity index (χ1v) is 40.4. The molecule has 45 heteroatoms. The Labute approximate surface area is 739 Å². The highest BCUT2D eigenvalue weighted by molar-refractivity contribution is 5.91. The Balaban J connectivity index is -0.000000170. The summed E-state index contributed by atoms with van der Waals surface area (Å²) in [6, 6.07) is 8.77. The number of hydrogen-bond donors (Lipinski definition) is 9. The number of nitrogen functional groups attached to an aromatic ring is 9. The van der Waals surface area contributed by atoms with Crippen molar-refractivity contribution >= 4 is 106 Å². The maximum atomic E-state index is 11.1. The highest BCUT2D eigenvalue weighted by Crippen LogP contribution is 2.07. The van der Waals surface area contributed by atoms with Crippen LogP contribution < -0.4 is 51.6 Å². The van der Waals surface area contributed by atoms with Gasteiger partial charge in [0, 0.05) is 24.8 Å². The second-order valence-electron chi connectivity index (χ2n) is 18.5. The maximum Gasteiger partial charge on any atom is 0.376 e. The first-order chi connectivity index (χ1) is 60.6. The minimum Gasteiger partial charge on any atom is -0.462 e. The lowest BCUT2D eigenvalue weighted by Crippen LogP contribution is -2.10. The number of nitrogens with two attached hydrogens (primary N) is 9. The molecule has 0 saturated carbocycles. The number of ether oxygens (including phenoxy) is 9. The summed E-state index contributed by atoms with van der Waals surface area (Å²) < 4.78 is 42.2. The van der Waals surface area contributed by atoms with Crippen LogP contribution >= 0.6 is 0 Å². The van der Waals surface area contributed by atoms with Crippen LogP contribution in [-0.2, 0) is 42.6 Å². The molecule has 0 aliphatic heterocycles. The summed E-state index contributed by atoms with van der Waals surface area (Å²) in [5, 5.41) is 21.1. The second-order valence-corrected chi connectivity index (χ2v) is 18.5. The van der Waals surface area contributed by atoms with E-state index in [0.29, 0.717) is 82.0 Å². The predicted molar refractivity (Wildman–Crippen MR) is 484 cm³/mol. The van der Waals surface area contributed by atoms with Crippen LogP contribution in [0.1, 0.15) is 281 Å². The quantitative estimate of drug-likeness (QED) is 0.0284. The number of rotatable bonds is 18. The van der Waals surface area contributed by atoms with Crippen LogP contribution in [0.5, 0.6) is 0 Å². The minimum absolute atomic E-state index is 0.00292. The van der Waals surface area contributed by atoms with Crippen LogP contribution in [-0.4, -0.2) is 204 Å². The van der Waals surface area contributed by atoms with Gasteiger partial charge >= 0.3 is 53.7 Å². The molecular formula is C81H135N27O18. The molecule has 126 heavy (non-hydrogen) atoms. The highest BCUT2D eigenvalue weighted by Gasteiger charge is 2.14. The van der Waals surface area contributed by atoms with E-state index >= 15 is 0 Å². The van der Waals surface area contributed by atoms with Crippen molar-refractivity contribution in [3.63, 3.8) is 0 Å². The van der Waals surface area contributed by atoms with Crippen molar-refractivity contribution in [2.45, 2.75) is 187 Å². The third kappa shape index (κ3) is 66.9. The fourth-order valence-corrected chi connectivity index (χ4v) is 6.04. The van der Waals surface area contributed by atoms with Crippen LogP contribution in [0.3, 0.4) is 0 Å². The molecule has 0 aliphatic rings. The molecule has 9 aromatic rings. The predicted octanol–water partition coefficient (Wildman–Crippen LogP) is 11.4. The number of aromatic nitrogens is 18. The molecule has 0 amide bonds. The van der Waals surface area contributed by atoms with Gasteiger partial charge in [-0.3, -0.25) is 4.98 Å². The van der Waals surface area contributed by atoms with E-state index in [1.165, 1.54) is 111 Å². The molecule has 9 aromatic heterocycles. The smallest absolute Gasteiger partial charge is 0.376 e. The average molecular weight is 1780 g/mol. The number of carbonyl (C=O) groups is 9. The first-order valence-electron chi connectivity index (χ1n) is 40.4. The molecule has 0 radical (unpaired) electrons. The van der Waals surface area contributed by atoms with Crippen molar-refractivity contribution in [1.82, 2.24) is 90.4 Å². The molecule has 18 N–H and O–H groups in total. The Hall–Kier alpha value is -14.9. The van der Waals surface area contributed by atoms with E-state index in [9.17, 15) is 43.2 Å². The standard InChI is InChI=1S/9C7H9N3O2.9C2H6/c1-2-12-7(11)5-3-10-6(8)4-9-5;1-2-12-7(11)5-3-9-4-6(8)10-5;1-2-12-7(11)6-9-3-5(8)4-10-6;1-2-12-6(11)5-3-9-7(8)10-4-5;1-2-12-7(11)6-3-5(8)4-9-10-6;1-2-12-7(11)5-3-6(8)10-9-4-5;1-2-12-7(11)6-9-4-3-5(8)10-6;1-2-12-6(11)5-3-4-9-7(8)10-5;1-2-12-7(11)5-3-4-6(8)10-9-5;9*1-2/h2*3-4H,2H2,1H3,(H2,8,10);3-4H,2,8H2,1H3;3-4H,2H2,1H3,(H2,8,9,10);2*3-4H,2H2,1H3,(H2,8,10);2*3-4H,2H2,1H3,(H2,8,9,10);3-4H,2H2,1H3,(H2,8,10);9*1-2H3. The molecular weight excluding hydrogens is 1640 g/mol. The van der Waals surface area contributed by atoms with Gasteiger partial charge in [0.05, 0.1) is 132 Å². The molecule has 9 heterocycles. The normalized spacial score (nSPS) is 8.50. The summed E-state index contributed by atoms with van der Waals surface area (Å²) in [6.07, 6.45) is 16.2. The third-order valence-electron chi connectivity index (χ3n) is 10.4. The molecule has 45 nitrogen and oxygen atoms in total. The molecule has 0 aliphatic carbocycles. The van der Waals surface area contributed by atoms with Gasteiger partial charge in [0.15, 0.2) is 28.5 Å². The van der Waals surface area contributed by atoms with Gasteiger partial charge in [0.1, 0.15) is 29.1 Å². The lowest BCUT2D eigenvalue weighted by molar-refractivity contribution is 0.0503. The van der Waals surface area contributed by atoms with E-state index in [1.807, 2.05) is 125 Å². The Bertz CT molecular complexity index is 3650. The molecule has 0 unspecified atom stereocenters. The lowest BCUT2D eigenvalue weighted by atomic mass is 10.3. The van der Waals surface area contributed by atoms with Crippen LogP contribution in [0.15, 0.2) is 111 Å². The van der Waals surface area contributed by atoms with Crippen molar-refractivity contribution in [2.75, 3.05) is 111 Å². The van der Waals surface area contributed by atoms with Crippen LogP contribution in [0.4, 0.5) is 52.4 Å². The Morgan fingerprint density at radius 2 is 0.667 bits per heavy atom. The molecule has 9 rings (SSSR count). The zero-order valence-corrected chi connectivity index (χ0v) is 77.9. The van der Waals surface area contributed by atoms with Crippen molar-refractivity contribution in [3.05, 3.63) is 162 Å². The van der Waals surface area contributed by atoms with Gasteiger partial charge in [0.2, 0.25) is 23.5 Å². The topological polar surface area (TPSA) is 703 Å². The summed E-state index contributed by atoms with van der Waals surface area (Å²) in [4.78, 5) is 143. The Kier molecular flexibility index (Phi) is 93.2. The molecule has 0 aromatic carbocycles. The summed E-state index contributed by atoms with van der Waals surface area (Å²) in [6.45, 7) is 54.4. The van der Waals surface area contributed by atoms with Crippen LogP contribution in [0.2, 0.25) is 0 Å². The SMILES string of the molecule is CC.CC.CC.CC.CC.CC.CC.CC.CC.CCOC(=O)c1cc(N)cnn1.CCOC(=O)c1ccc(N)nn1.CCOC(=O)c1ccnc(N)n1.CCOC(=O)c1cnc(N)cn1.CCOC(=O)c1cnc(N)nc1.CCOC(=O)c1cncc(N)n1.CCOC(=O)c1cnnc(N)c1.CCOC(=O)c1ncc(N)cn1.CCOC(=O)c1nccc(N)n1. The van der Waals surface area contributed by atoms with E-state index in [0.717, 1.165) is 0 Å². The van der Waals surface area contributed by atoms with E-state index in [4.69, 9.17) is 65.8 Å². The van der Waals surface area contributed by atoms with E-state index in [1.54, 1.807) is 62.3 Å². The second kappa shape index (κ2) is 90.9. The van der Waals surface area contributed by atoms with E-state index < -0.39 is 53.7 Å². The van der Waals surface area contributed by atoms with Gasteiger partial charge in [-0.2, -0.15) is 10.2 Å². The van der Waals surface area contributed by atoms with Crippen molar-refractivity contribution in [3.8, 4) is 0 Å². The number of anilines is 9. The van der Waals surface area contributed by atoms with E-state index in [2.05, 4.69) is 119 Å². The summed E-state index contributed by atoms with van der Waals surface area (Å²) in [5.74, 6) is -2.91. The summed E-state index contributed by atoms with van der Waals surface area (Å²) >= 11 is 0. The van der Waals surface area contributed by atoms with Gasteiger partial charge in [-0.1, -0.05) is 125 Å². The average Bonchev–Trinajstić information content (AvgIpc) is 0.909. The van der Waals surface area contributed by atoms with Crippen molar-refractivity contribution < 1.29 is 85.8 Å². The van der Waals surface area contributed by atoms with Gasteiger partial charge in [-0.25, -0.2) is 98.0 Å². The van der Waals surface area contributed by atoms with Gasteiger partial charge in [-0.15, -0.1) is 20.4 Å². The molecule has 0 spiro atoms. The van der Waals surface area contributed by atoms with Gasteiger partial charge < -0.3 is 94.2 Å². The molecule has 0 fully saturated rings. The molecule has 0 atom stereocenters. The zero-order chi connectivity index (χ0) is 98.8. The Morgan fingerprint density at radius 1 is 0.246 bits per heavy atom. The zero-order valence-electron chi connectivity index (χ0n) is 77.9. The Morgan fingerprint density at radius 3 is 1.09 bits per heavy atom. The van der Waals surface area contributed by atoms with Gasteiger partial charge in [-0.05, 0) is 98.7 Å². The fourth-order valence-electron chi connectivity index (χ4n) is 6.04. The number of carbonyl (C=O) groups excluding carboxylic acids is 9. The maximum absolute atomic E-state index is 11.1. The van der Waals surface area contributed by atoms with Crippen LogP contribution in [0.25, 0.3) is 0 Å². The molecule has 702 valence electrons. The number of nitrogens with zero attached hydrogens (tertiary/aromatic N) is 18. The number of hydrogen-bond acceptors (Lipinski definition) is 45. The largest absolute Gasteiger partial charge is 0.462 e. The molecule has 0 bridgehead atoms. The van der Waals surface area contributed by atoms with Crippen LogP contribution in [0, 0.1) is 0 Å². The first kappa shape index (κ1) is 129. The third-order valence-corrected chi connectivity index (χ3v) is 10.4. The lowest BCUT2D eigenvalue weighted by Gasteiger charge is -1.99.